The van der Waals surface area contributed by atoms with Crippen LogP contribution in [0.5, 0.6) is 11.5 Å². The Morgan fingerprint density at radius 2 is 1.83 bits per heavy atom. The Morgan fingerprint density at radius 3 is 2.54 bits per heavy atom. The second-order valence-electron chi connectivity index (χ2n) is 7.71. The van der Waals surface area contributed by atoms with E-state index in [0.29, 0.717) is 17.5 Å². The molecule has 186 valence electrons. The molecule has 0 aliphatic carbocycles. The number of aromatic nitrogens is 2. The quantitative estimate of drug-likeness (QED) is 0.340. The summed E-state index contributed by atoms with van der Waals surface area (Å²) in [5.41, 5.74) is 0.202. The van der Waals surface area contributed by atoms with E-state index >= 15 is 0 Å². The Labute approximate surface area is 199 Å². The number of anilines is 1. The van der Waals surface area contributed by atoms with E-state index in [9.17, 15) is 26.0 Å². The molecule has 7 nitrogen and oxygen atoms in total. The largest absolute Gasteiger partial charge is 0.493 e. The topological polar surface area (TPSA) is 90.4 Å². The zero-order chi connectivity index (χ0) is 25.1. The second kappa shape index (κ2) is 10.1. The number of hydrogen-bond acceptors (Lipinski definition) is 6. The predicted molar refractivity (Wildman–Crippen MR) is 119 cm³/mol. The fourth-order valence-electron chi connectivity index (χ4n) is 3.75. The Morgan fingerprint density at radius 1 is 1.09 bits per heavy atom. The molecule has 0 bridgehead atoms. The highest BCUT2D eigenvalue weighted by atomic mass is 32.2. The standard InChI is InChI=1S/C23H21F4N3O4S/c24-8-1-11-33-20-13-15(23(25,26)27)3-5-18(20)17-7-12-34-21-14-16(4-6-19(17)21)35(31,32)30-22-28-9-2-10-29-22/h2-6,9-10,13-14,17H,1,7-8,11-12H2,(H,28,29,30). The highest BCUT2D eigenvalue weighted by Gasteiger charge is 2.33. The van der Waals surface area contributed by atoms with Crippen LogP contribution in [-0.4, -0.2) is 38.3 Å². The van der Waals surface area contributed by atoms with Crippen LogP contribution in [0.25, 0.3) is 0 Å². The van der Waals surface area contributed by atoms with Crippen molar-refractivity contribution in [1.29, 1.82) is 0 Å². The minimum absolute atomic E-state index is 0.00529. The average molecular weight is 511 g/mol. The van der Waals surface area contributed by atoms with Gasteiger partial charge in [-0.2, -0.15) is 13.2 Å². The summed E-state index contributed by atoms with van der Waals surface area (Å²) >= 11 is 0. The molecule has 1 aliphatic rings. The summed E-state index contributed by atoms with van der Waals surface area (Å²) in [7, 11) is -4.01. The highest BCUT2D eigenvalue weighted by molar-refractivity contribution is 7.92. The van der Waals surface area contributed by atoms with Gasteiger partial charge in [-0.3, -0.25) is 4.39 Å². The maximum absolute atomic E-state index is 13.3. The molecule has 35 heavy (non-hydrogen) atoms. The number of hydrogen-bond donors (Lipinski definition) is 1. The number of halogens is 4. The van der Waals surface area contributed by atoms with E-state index in [1.807, 2.05) is 0 Å². The SMILES string of the molecule is O=S(=O)(Nc1ncccn1)c1ccc2c(c1)OCCC2c1ccc(C(F)(F)F)cc1OCCCF. The third kappa shape index (κ3) is 5.64. The zero-order valence-corrected chi connectivity index (χ0v) is 19.1. The van der Waals surface area contributed by atoms with Crippen molar-refractivity contribution in [2.75, 3.05) is 24.6 Å². The molecular formula is C23H21F4N3O4S. The first-order valence-electron chi connectivity index (χ1n) is 10.7. The van der Waals surface area contributed by atoms with E-state index in [0.717, 1.165) is 12.1 Å². The van der Waals surface area contributed by atoms with E-state index < -0.39 is 34.4 Å². The number of benzene rings is 2. The van der Waals surface area contributed by atoms with Crippen LogP contribution >= 0.6 is 0 Å². The van der Waals surface area contributed by atoms with Crippen molar-refractivity contribution in [3.05, 3.63) is 71.5 Å². The normalized spacial score (nSPS) is 15.7. The van der Waals surface area contributed by atoms with Crippen molar-refractivity contribution in [2.45, 2.75) is 29.8 Å². The molecule has 0 spiro atoms. The number of sulfonamides is 1. The fraction of sp³-hybridized carbons (Fsp3) is 0.304. The van der Waals surface area contributed by atoms with E-state index in [1.165, 1.54) is 30.6 Å². The van der Waals surface area contributed by atoms with Gasteiger partial charge in [0.05, 0.1) is 30.3 Å². The number of rotatable bonds is 8. The molecule has 2 heterocycles. The molecule has 0 saturated carbocycles. The van der Waals surface area contributed by atoms with Crippen LogP contribution in [0.3, 0.4) is 0 Å². The van der Waals surface area contributed by atoms with Crippen molar-refractivity contribution in [1.82, 2.24) is 9.97 Å². The van der Waals surface area contributed by atoms with Crippen molar-refractivity contribution >= 4 is 16.0 Å². The number of nitrogens with one attached hydrogen (secondary N) is 1. The van der Waals surface area contributed by atoms with Gasteiger partial charge in [0.25, 0.3) is 10.0 Å². The Balaban J connectivity index is 1.68. The highest BCUT2D eigenvalue weighted by Crippen LogP contribution is 2.44. The molecule has 2 aromatic carbocycles. The summed E-state index contributed by atoms with van der Waals surface area (Å²) in [5.74, 6) is -0.217. The van der Waals surface area contributed by atoms with Gasteiger partial charge in [-0.1, -0.05) is 12.1 Å². The lowest BCUT2D eigenvalue weighted by molar-refractivity contribution is -0.137. The molecule has 1 aliphatic heterocycles. The van der Waals surface area contributed by atoms with Crippen LogP contribution in [-0.2, 0) is 16.2 Å². The molecule has 0 radical (unpaired) electrons. The predicted octanol–water partition coefficient (Wildman–Crippen LogP) is 4.95. The monoisotopic (exact) mass is 511 g/mol. The summed E-state index contributed by atoms with van der Waals surface area (Å²) < 4.78 is 91.4. The van der Waals surface area contributed by atoms with E-state index in [1.54, 1.807) is 12.1 Å². The number of fused-ring (bicyclic) bond motifs is 1. The van der Waals surface area contributed by atoms with E-state index in [2.05, 4.69) is 14.7 Å². The van der Waals surface area contributed by atoms with Crippen molar-refractivity contribution in [2.24, 2.45) is 0 Å². The van der Waals surface area contributed by atoms with Gasteiger partial charge in [-0.15, -0.1) is 0 Å². The van der Waals surface area contributed by atoms with Gasteiger partial charge in [-0.05, 0) is 30.7 Å². The number of nitrogens with zero attached hydrogens (tertiary/aromatic N) is 2. The average Bonchev–Trinajstić information content (AvgIpc) is 2.83. The molecule has 0 fully saturated rings. The third-order valence-electron chi connectivity index (χ3n) is 5.38. The number of ether oxygens (including phenoxy) is 2. The van der Waals surface area contributed by atoms with Crippen LogP contribution in [0.4, 0.5) is 23.5 Å². The molecule has 12 heteroatoms. The van der Waals surface area contributed by atoms with Gasteiger partial charge in [-0.25, -0.2) is 23.1 Å². The van der Waals surface area contributed by atoms with Gasteiger partial charge in [0.15, 0.2) is 0 Å². The van der Waals surface area contributed by atoms with Crippen molar-refractivity contribution in [3.63, 3.8) is 0 Å². The molecule has 3 aromatic rings. The van der Waals surface area contributed by atoms with E-state index in [-0.39, 0.29) is 42.0 Å². The minimum Gasteiger partial charge on any atom is -0.493 e. The molecule has 1 atom stereocenters. The lowest BCUT2D eigenvalue weighted by atomic mass is 9.85. The van der Waals surface area contributed by atoms with Crippen LogP contribution in [0.2, 0.25) is 0 Å². The molecule has 1 unspecified atom stereocenters. The van der Waals surface area contributed by atoms with Gasteiger partial charge in [0, 0.05) is 41.9 Å². The molecule has 4 rings (SSSR count). The fourth-order valence-corrected chi connectivity index (χ4v) is 4.72. The Hall–Kier alpha value is -3.41. The first-order chi connectivity index (χ1) is 16.7. The summed E-state index contributed by atoms with van der Waals surface area (Å²) in [6, 6.07) is 9.04. The summed E-state index contributed by atoms with van der Waals surface area (Å²) in [4.78, 5) is 7.60. The van der Waals surface area contributed by atoms with Gasteiger partial charge in [0.2, 0.25) is 5.95 Å². The Bertz CT molecular complexity index is 1290. The smallest absolute Gasteiger partial charge is 0.416 e. The van der Waals surface area contributed by atoms with Gasteiger partial charge < -0.3 is 9.47 Å². The second-order valence-corrected chi connectivity index (χ2v) is 9.39. The first kappa shape index (κ1) is 24.7. The van der Waals surface area contributed by atoms with Crippen LogP contribution < -0.4 is 14.2 Å². The summed E-state index contributed by atoms with van der Waals surface area (Å²) in [5, 5.41) is 0. The molecule has 1 N–H and O–H groups in total. The van der Waals surface area contributed by atoms with Crippen molar-refractivity contribution in [3.8, 4) is 11.5 Å². The zero-order valence-electron chi connectivity index (χ0n) is 18.3. The van der Waals surface area contributed by atoms with Crippen LogP contribution in [0.1, 0.15) is 35.4 Å². The number of alkyl halides is 4. The van der Waals surface area contributed by atoms with E-state index in [4.69, 9.17) is 9.47 Å². The van der Waals surface area contributed by atoms with Crippen LogP contribution in [0, 0.1) is 0 Å². The van der Waals surface area contributed by atoms with Crippen molar-refractivity contribution < 1.29 is 35.5 Å². The maximum atomic E-state index is 13.3. The first-order valence-corrected chi connectivity index (χ1v) is 12.1. The Kier molecular flexibility index (Phi) is 7.10. The van der Waals surface area contributed by atoms with Gasteiger partial charge >= 0.3 is 6.18 Å². The minimum atomic E-state index is -4.57. The molecular weight excluding hydrogens is 490 g/mol. The van der Waals surface area contributed by atoms with Crippen LogP contribution in [0.15, 0.2) is 59.8 Å². The lowest BCUT2D eigenvalue weighted by Crippen LogP contribution is -2.19. The maximum Gasteiger partial charge on any atom is 0.416 e. The third-order valence-corrected chi connectivity index (χ3v) is 6.70. The molecule has 0 saturated heterocycles. The van der Waals surface area contributed by atoms with Gasteiger partial charge in [0.1, 0.15) is 11.5 Å². The summed E-state index contributed by atoms with van der Waals surface area (Å²) in [6.45, 7) is -0.527. The molecule has 1 aromatic heterocycles. The summed E-state index contributed by atoms with van der Waals surface area (Å²) in [6.07, 6.45) is -1.31. The lowest BCUT2D eigenvalue weighted by Gasteiger charge is -2.28. The molecule has 0 amide bonds.